The van der Waals surface area contributed by atoms with Gasteiger partial charge in [0.25, 0.3) is 5.91 Å². The molecule has 1 aromatic rings. The highest BCUT2D eigenvalue weighted by Gasteiger charge is 2.15. The van der Waals surface area contributed by atoms with Gasteiger partial charge in [-0.15, -0.1) is 0 Å². The average molecular weight is 263 g/mol. The van der Waals surface area contributed by atoms with Crippen molar-refractivity contribution in [1.82, 2.24) is 10.2 Å². The van der Waals surface area contributed by atoms with E-state index in [0.717, 1.165) is 5.56 Å². The van der Waals surface area contributed by atoms with Gasteiger partial charge < -0.3 is 16.0 Å². The Hall–Kier alpha value is -1.88. The summed E-state index contributed by atoms with van der Waals surface area (Å²) in [7, 11) is 3.28. The lowest BCUT2D eigenvalue weighted by Crippen LogP contribution is -2.32. The van der Waals surface area contributed by atoms with Crippen LogP contribution in [0.15, 0.2) is 24.3 Å². The minimum Gasteiger partial charge on any atom is -0.359 e. The monoisotopic (exact) mass is 263 g/mol. The second kappa shape index (κ2) is 7.53. The number of carbonyl (C=O) groups is 2. The first-order chi connectivity index (χ1) is 9.10. The van der Waals surface area contributed by atoms with E-state index in [-0.39, 0.29) is 11.8 Å². The Labute approximate surface area is 113 Å². The van der Waals surface area contributed by atoms with Gasteiger partial charge in [0.15, 0.2) is 0 Å². The maximum atomic E-state index is 12.3. The third-order valence-corrected chi connectivity index (χ3v) is 2.96. The molecule has 3 N–H and O–H groups in total. The standard InChI is InChI=1S/C14H21N3O2/c1-16-13(18)8-10-17(2)14(19)12-6-4-3-5-11(12)7-9-15/h3-6H,7-10,15H2,1-2H3,(H,16,18). The predicted octanol–water partition coefficient (Wildman–Crippen LogP) is 0.396. The molecule has 0 aromatic heterocycles. The molecular formula is C14H21N3O2. The minimum absolute atomic E-state index is 0.0742. The highest BCUT2D eigenvalue weighted by molar-refractivity contribution is 5.95. The Morgan fingerprint density at radius 1 is 1.32 bits per heavy atom. The van der Waals surface area contributed by atoms with Crippen molar-refractivity contribution in [1.29, 1.82) is 0 Å². The summed E-state index contributed by atoms with van der Waals surface area (Å²) in [4.78, 5) is 25.0. The van der Waals surface area contributed by atoms with Gasteiger partial charge in [0.2, 0.25) is 5.91 Å². The molecular weight excluding hydrogens is 242 g/mol. The number of hydrogen-bond acceptors (Lipinski definition) is 3. The lowest BCUT2D eigenvalue weighted by Gasteiger charge is -2.18. The van der Waals surface area contributed by atoms with Crippen LogP contribution in [0.2, 0.25) is 0 Å². The molecule has 0 spiro atoms. The van der Waals surface area contributed by atoms with E-state index in [2.05, 4.69) is 5.32 Å². The summed E-state index contributed by atoms with van der Waals surface area (Å²) in [6, 6.07) is 7.43. The van der Waals surface area contributed by atoms with E-state index in [4.69, 9.17) is 5.73 Å². The van der Waals surface area contributed by atoms with E-state index >= 15 is 0 Å². The first-order valence-electron chi connectivity index (χ1n) is 6.34. The van der Waals surface area contributed by atoms with Gasteiger partial charge in [0.05, 0.1) is 0 Å². The van der Waals surface area contributed by atoms with Crippen LogP contribution in [0.4, 0.5) is 0 Å². The molecule has 0 saturated carbocycles. The van der Waals surface area contributed by atoms with E-state index < -0.39 is 0 Å². The van der Waals surface area contributed by atoms with Crippen molar-refractivity contribution in [2.24, 2.45) is 5.73 Å². The molecule has 1 rings (SSSR count). The van der Waals surface area contributed by atoms with E-state index in [0.29, 0.717) is 31.5 Å². The first kappa shape index (κ1) is 15.2. The minimum atomic E-state index is -0.0760. The number of hydrogen-bond donors (Lipinski definition) is 2. The molecule has 104 valence electrons. The van der Waals surface area contributed by atoms with Crippen molar-refractivity contribution in [2.45, 2.75) is 12.8 Å². The van der Waals surface area contributed by atoms with Crippen LogP contribution in [0.5, 0.6) is 0 Å². The summed E-state index contributed by atoms with van der Waals surface area (Å²) in [5, 5.41) is 2.54. The van der Waals surface area contributed by atoms with E-state index in [1.165, 1.54) is 0 Å². The molecule has 0 bridgehead atoms. The molecule has 2 amide bonds. The number of benzene rings is 1. The van der Waals surface area contributed by atoms with Gasteiger partial charge in [0.1, 0.15) is 0 Å². The number of carbonyl (C=O) groups excluding carboxylic acids is 2. The lowest BCUT2D eigenvalue weighted by molar-refractivity contribution is -0.120. The molecule has 0 aliphatic heterocycles. The summed E-state index contributed by atoms with van der Waals surface area (Å²) >= 11 is 0. The second-order valence-corrected chi connectivity index (χ2v) is 4.35. The fraction of sp³-hybridized carbons (Fsp3) is 0.429. The van der Waals surface area contributed by atoms with Crippen LogP contribution in [0, 0.1) is 0 Å². The molecule has 0 saturated heterocycles. The Balaban J connectivity index is 2.73. The Morgan fingerprint density at radius 2 is 2.00 bits per heavy atom. The number of nitrogens with zero attached hydrogens (tertiary/aromatic N) is 1. The van der Waals surface area contributed by atoms with Crippen molar-refractivity contribution in [3.8, 4) is 0 Å². The zero-order valence-electron chi connectivity index (χ0n) is 11.5. The Bertz CT molecular complexity index is 446. The second-order valence-electron chi connectivity index (χ2n) is 4.35. The summed E-state index contributed by atoms with van der Waals surface area (Å²) in [5.41, 5.74) is 7.15. The van der Waals surface area contributed by atoms with Crippen molar-refractivity contribution in [3.05, 3.63) is 35.4 Å². The van der Waals surface area contributed by atoms with Crippen LogP contribution in [-0.4, -0.2) is 43.9 Å². The van der Waals surface area contributed by atoms with Crippen LogP contribution >= 0.6 is 0 Å². The van der Waals surface area contributed by atoms with Gasteiger partial charge >= 0.3 is 0 Å². The summed E-state index contributed by atoms with van der Waals surface area (Å²) < 4.78 is 0. The lowest BCUT2D eigenvalue weighted by atomic mass is 10.0. The van der Waals surface area contributed by atoms with Crippen molar-refractivity contribution < 1.29 is 9.59 Å². The van der Waals surface area contributed by atoms with Gasteiger partial charge in [-0.25, -0.2) is 0 Å². The smallest absolute Gasteiger partial charge is 0.253 e. The van der Waals surface area contributed by atoms with Crippen LogP contribution in [-0.2, 0) is 11.2 Å². The molecule has 5 heteroatoms. The third-order valence-electron chi connectivity index (χ3n) is 2.96. The van der Waals surface area contributed by atoms with Gasteiger partial charge in [-0.05, 0) is 24.6 Å². The number of nitrogens with two attached hydrogens (primary N) is 1. The molecule has 1 aromatic carbocycles. The predicted molar refractivity (Wildman–Crippen MR) is 74.8 cm³/mol. The Kier molecular flexibility index (Phi) is 6.02. The highest BCUT2D eigenvalue weighted by atomic mass is 16.2. The fourth-order valence-corrected chi connectivity index (χ4v) is 1.80. The van der Waals surface area contributed by atoms with Gasteiger partial charge in [-0.3, -0.25) is 9.59 Å². The quantitative estimate of drug-likeness (QED) is 0.780. The normalized spacial score (nSPS) is 10.1. The third kappa shape index (κ3) is 4.37. The summed E-state index contributed by atoms with van der Waals surface area (Å²) in [5.74, 6) is -0.150. The summed E-state index contributed by atoms with van der Waals surface area (Å²) in [6.45, 7) is 0.904. The Morgan fingerprint density at radius 3 is 2.63 bits per heavy atom. The SMILES string of the molecule is CNC(=O)CCN(C)C(=O)c1ccccc1CCN. The van der Waals surface area contributed by atoms with E-state index in [1.807, 2.05) is 18.2 Å². The molecule has 0 aliphatic carbocycles. The molecule has 0 heterocycles. The molecule has 0 fully saturated rings. The van der Waals surface area contributed by atoms with E-state index in [1.54, 1.807) is 25.1 Å². The van der Waals surface area contributed by atoms with Crippen molar-refractivity contribution in [2.75, 3.05) is 27.2 Å². The molecule has 0 atom stereocenters. The fourth-order valence-electron chi connectivity index (χ4n) is 1.80. The number of amides is 2. The number of rotatable bonds is 6. The summed E-state index contributed by atoms with van der Waals surface area (Å²) in [6.07, 6.45) is 0.975. The molecule has 0 radical (unpaired) electrons. The molecule has 0 aliphatic rings. The van der Waals surface area contributed by atoms with Crippen LogP contribution < -0.4 is 11.1 Å². The van der Waals surface area contributed by atoms with Crippen LogP contribution in [0.25, 0.3) is 0 Å². The molecule has 0 unspecified atom stereocenters. The number of nitrogens with one attached hydrogen (secondary N) is 1. The van der Waals surface area contributed by atoms with Crippen molar-refractivity contribution >= 4 is 11.8 Å². The van der Waals surface area contributed by atoms with Crippen molar-refractivity contribution in [3.63, 3.8) is 0 Å². The van der Waals surface area contributed by atoms with Gasteiger partial charge in [0, 0.05) is 32.6 Å². The first-order valence-corrected chi connectivity index (χ1v) is 6.34. The zero-order chi connectivity index (χ0) is 14.3. The van der Waals surface area contributed by atoms with Crippen LogP contribution in [0.1, 0.15) is 22.3 Å². The molecule has 19 heavy (non-hydrogen) atoms. The zero-order valence-corrected chi connectivity index (χ0v) is 11.5. The highest BCUT2D eigenvalue weighted by Crippen LogP contribution is 2.11. The largest absolute Gasteiger partial charge is 0.359 e. The average Bonchev–Trinajstić information content (AvgIpc) is 2.44. The van der Waals surface area contributed by atoms with Gasteiger partial charge in [-0.2, -0.15) is 0 Å². The molecule has 5 nitrogen and oxygen atoms in total. The van der Waals surface area contributed by atoms with Crippen LogP contribution in [0.3, 0.4) is 0 Å². The topological polar surface area (TPSA) is 75.4 Å². The maximum absolute atomic E-state index is 12.3. The van der Waals surface area contributed by atoms with E-state index in [9.17, 15) is 9.59 Å². The van der Waals surface area contributed by atoms with Gasteiger partial charge in [-0.1, -0.05) is 18.2 Å². The maximum Gasteiger partial charge on any atom is 0.253 e.